The highest BCUT2D eigenvalue weighted by molar-refractivity contribution is 7.89. The third-order valence-corrected chi connectivity index (χ3v) is 6.85. The molecule has 1 fully saturated rings. The molecule has 0 radical (unpaired) electrons. The molecular weight excluding hydrogens is 392 g/mol. The van der Waals surface area contributed by atoms with E-state index < -0.39 is 15.9 Å². The summed E-state index contributed by atoms with van der Waals surface area (Å²) in [5, 5.41) is 2.77. The Labute approximate surface area is 171 Å². The Morgan fingerprint density at radius 2 is 1.69 bits per heavy atom. The molecule has 0 atom stereocenters. The van der Waals surface area contributed by atoms with Gasteiger partial charge in [0.2, 0.25) is 10.0 Å². The number of methoxy groups -OCH3 is 2. The standard InChI is InChI=1S/C21H26N2O5S/c1-27-17-10-11-20(28-2)19(15-17)22-21(24)16-8-7-9-18(14-16)29(25,26)23-12-5-3-4-6-13-23/h7-11,14-15H,3-6,12-13H2,1-2H3,(H,22,24). The van der Waals surface area contributed by atoms with Crippen molar-refractivity contribution >= 4 is 21.6 Å². The lowest BCUT2D eigenvalue weighted by Crippen LogP contribution is -2.32. The fraction of sp³-hybridized carbons (Fsp3) is 0.381. The monoisotopic (exact) mass is 418 g/mol. The first kappa shape index (κ1) is 21.1. The predicted octanol–water partition coefficient (Wildman–Crippen LogP) is 3.52. The summed E-state index contributed by atoms with van der Waals surface area (Å²) in [5.41, 5.74) is 0.698. The normalized spacial score (nSPS) is 15.4. The number of nitrogens with zero attached hydrogens (tertiary/aromatic N) is 1. The van der Waals surface area contributed by atoms with Crippen molar-refractivity contribution < 1.29 is 22.7 Å². The fourth-order valence-corrected chi connectivity index (χ4v) is 4.90. The molecule has 2 aromatic rings. The lowest BCUT2D eigenvalue weighted by Gasteiger charge is -2.20. The van der Waals surface area contributed by atoms with Crippen LogP contribution in [0.1, 0.15) is 36.0 Å². The largest absolute Gasteiger partial charge is 0.497 e. The van der Waals surface area contributed by atoms with Crippen LogP contribution in [0, 0.1) is 0 Å². The van der Waals surface area contributed by atoms with Gasteiger partial charge in [-0.3, -0.25) is 4.79 Å². The molecule has 0 aliphatic carbocycles. The Bertz CT molecular complexity index is 967. The first-order valence-electron chi connectivity index (χ1n) is 9.59. The van der Waals surface area contributed by atoms with Crippen molar-refractivity contribution in [2.24, 2.45) is 0 Å². The molecule has 156 valence electrons. The van der Waals surface area contributed by atoms with Crippen molar-refractivity contribution in [3.8, 4) is 11.5 Å². The molecule has 3 rings (SSSR count). The van der Waals surface area contributed by atoms with Gasteiger partial charge in [-0.05, 0) is 43.2 Å². The minimum Gasteiger partial charge on any atom is -0.497 e. The Hall–Kier alpha value is -2.58. The molecule has 1 N–H and O–H groups in total. The number of ether oxygens (including phenoxy) is 2. The van der Waals surface area contributed by atoms with Crippen molar-refractivity contribution in [1.29, 1.82) is 0 Å². The van der Waals surface area contributed by atoms with Crippen LogP contribution in [0.15, 0.2) is 47.4 Å². The second kappa shape index (κ2) is 9.28. The Balaban J connectivity index is 1.85. The number of carbonyl (C=O) groups excluding carboxylic acids is 1. The number of nitrogens with one attached hydrogen (secondary N) is 1. The number of carbonyl (C=O) groups is 1. The van der Waals surface area contributed by atoms with Crippen molar-refractivity contribution in [3.05, 3.63) is 48.0 Å². The van der Waals surface area contributed by atoms with Crippen LogP contribution < -0.4 is 14.8 Å². The van der Waals surface area contributed by atoms with Gasteiger partial charge in [-0.1, -0.05) is 18.9 Å². The Kier molecular flexibility index (Phi) is 6.76. The summed E-state index contributed by atoms with van der Waals surface area (Å²) in [4.78, 5) is 12.9. The van der Waals surface area contributed by atoms with E-state index in [0.717, 1.165) is 25.7 Å². The van der Waals surface area contributed by atoms with Gasteiger partial charge in [0.15, 0.2) is 0 Å². The molecule has 0 bridgehead atoms. The van der Waals surface area contributed by atoms with Crippen molar-refractivity contribution in [2.45, 2.75) is 30.6 Å². The van der Waals surface area contributed by atoms with E-state index in [1.807, 2.05) is 0 Å². The van der Waals surface area contributed by atoms with Gasteiger partial charge in [-0.25, -0.2) is 8.42 Å². The van der Waals surface area contributed by atoms with Crippen molar-refractivity contribution in [1.82, 2.24) is 4.31 Å². The molecule has 8 heteroatoms. The number of sulfonamides is 1. The average molecular weight is 419 g/mol. The van der Waals surface area contributed by atoms with Gasteiger partial charge in [0.25, 0.3) is 5.91 Å². The van der Waals surface area contributed by atoms with Gasteiger partial charge in [0.1, 0.15) is 11.5 Å². The molecule has 29 heavy (non-hydrogen) atoms. The van der Waals surface area contributed by atoms with Crippen LogP contribution in [0.25, 0.3) is 0 Å². The number of hydrogen-bond acceptors (Lipinski definition) is 5. The topological polar surface area (TPSA) is 84.9 Å². The zero-order chi connectivity index (χ0) is 20.9. The summed E-state index contributed by atoms with van der Waals surface area (Å²) in [5.74, 6) is 0.621. The van der Waals surface area contributed by atoms with E-state index in [0.29, 0.717) is 30.3 Å². The highest BCUT2D eigenvalue weighted by Crippen LogP contribution is 2.29. The van der Waals surface area contributed by atoms with E-state index in [1.54, 1.807) is 30.3 Å². The number of amides is 1. The Morgan fingerprint density at radius 1 is 0.966 bits per heavy atom. The Morgan fingerprint density at radius 3 is 2.34 bits per heavy atom. The van der Waals surface area contributed by atoms with E-state index in [2.05, 4.69) is 5.32 Å². The molecular formula is C21H26N2O5S. The highest BCUT2D eigenvalue weighted by Gasteiger charge is 2.26. The van der Waals surface area contributed by atoms with Crippen LogP contribution in [0.4, 0.5) is 5.69 Å². The SMILES string of the molecule is COc1ccc(OC)c(NC(=O)c2cccc(S(=O)(=O)N3CCCCCC3)c2)c1. The molecule has 0 spiro atoms. The summed E-state index contributed by atoms with van der Waals surface area (Å²) < 4.78 is 38.0. The van der Waals surface area contributed by atoms with Crippen LogP contribution in [-0.4, -0.2) is 45.9 Å². The van der Waals surface area contributed by atoms with Crippen molar-refractivity contribution in [3.63, 3.8) is 0 Å². The zero-order valence-electron chi connectivity index (χ0n) is 16.7. The minimum absolute atomic E-state index is 0.129. The van der Waals surface area contributed by atoms with Gasteiger partial charge in [0.05, 0.1) is 24.8 Å². The van der Waals surface area contributed by atoms with Crippen LogP contribution in [0.5, 0.6) is 11.5 Å². The maximum atomic E-state index is 13.0. The minimum atomic E-state index is -3.63. The molecule has 1 heterocycles. The third-order valence-electron chi connectivity index (χ3n) is 4.95. The predicted molar refractivity (Wildman–Crippen MR) is 111 cm³/mol. The maximum absolute atomic E-state index is 13.0. The number of anilines is 1. The van der Waals surface area contributed by atoms with E-state index in [-0.39, 0.29) is 10.5 Å². The van der Waals surface area contributed by atoms with Gasteiger partial charge < -0.3 is 14.8 Å². The molecule has 7 nitrogen and oxygen atoms in total. The summed E-state index contributed by atoms with van der Waals surface area (Å²) >= 11 is 0. The van der Waals surface area contributed by atoms with E-state index in [1.165, 1.54) is 30.7 Å². The summed E-state index contributed by atoms with van der Waals surface area (Å²) in [6, 6.07) is 11.2. The van der Waals surface area contributed by atoms with Gasteiger partial charge in [-0.15, -0.1) is 0 Å². The second-order valence-electron chi connectivity index (χ2n) is 6.87. The second-order valence-corrected chi connectivity index (χ2v) is 8.80. The van der Waals surface area contributed by atoms with Crippen LogP contribution in [0.2, 0.25) is 0 Å². The zero-order valence-corrected chi connectivity index (χ0v) is 17.5. The summed E-state index contributed by atoms with van der Waals surface area (Å²) in [6.07, 6.45) is 3.79. The molecule has 1 saturated heterocycles. The summed E-state index contributed by atoms with van der Waals surface area (Å²) in [6.45, 7) is 1.03. The molecule has 0 unspecified atom stereocenters. The van der Waals surface area contributed by atoms with Crippen LogP contribution in [-0.2, 0) is 10.0 Å². The smallest absolute Gasteiger partial charge is 0.255 e. The lowest BCUT2D eigenvalue weighted by atomic mass is 10.2. The molecule has 1 aliphatic rings. The number of hydrogen-bond donors (Lipinski definition) is 1. The number of benzene rings is 2. The van der Waals surface area contributed by atoms with E-state index in [4.69, 9.17) is 9.47 Å². The maximum Gasteiger partial charge on any atom is 0.255 e. The highest BCUT2D eigenvalue weighted by atomic mass is 32.2. The van der Waals surface area contributed by atoms with E-state index >= 15 is 0 Å². The van der Waals surface area contributed by atoms with Gasteiger partial charge in [-0.2, -0.15) is 4.31 Å². The first-order chi connectivity index (χ1) is 14.0. The molecule has 0 aromatic heterocycles. The van der Waals surface area contributed by atoms with Crippen LogP contribution in [0.3, 0.4) is 0 Å². The van der Waals surface area contributed by atoms with Gasteiger partial charge >= 0.3 is 0 Å². The quantitative estimate of drug-likeness (QED) is 0.776. The molecule has 0 saturated carbocycles. The van der Waals surface area contributed by atoms with Gasteiger partial charge in [0, 0.05) is 24.7 Å². The summed E-state index contributed by atoms with van der Waals surface area (Å²) in [7, 11) is -0.591. The van der Waals surface area contributed by atoms with Crippen LogP contribution >= 0.6 is 0 Å². The molecule has 1 amide bonds. The average Bonchev–Trinajstić information content (AvgIpc) is 3.04. The third kappa shape index (κ3) is 4.89. The first-order valence-corrected chi connectivity index (χ1v) is 11.0. The van der Waals surface area contributed by atoms with Crippen molar-refractivity contribution in [2.75, 3.05) is 32.6 Å². The van der Waals surface area contributed by atoms with E-state index in [9.17, 15) is 13.2 Å². The molecule has 2 aromatic carbocycles. The number of rotatable bonds is 6. The molecule has 1 aliphatic heterocycles. The fourth-order valence-electron chi connectivity index (χ4n) is 3.34. The lowest BCUT2D eigenvalue weighted by molar-refractivity contribution is 0.102.